The molecule has 0 unspecified atom stereocenters. The van der Waals surface area contributed by atoms with Crippen molar-refractivity contribution in [1.29, 1.82) is 0 Å². The fourth-order valence-corrected chi connectivity index (χ4v) is 1.28. The van der Waals surface area contributed by atoms with Gasteiger partial charge in [0.15, 0.2) is 0 Å². The fraction of sp³-hybridized carbons (Fsp3) is 0.273. The molecule has 1 rings (SSSR count). The monoisotopic (exact) mass is 206 g/mol. The van der Waals surface area contributed by atoms with E-state index in [0.717, 1.165) is 0 Å². The molecule has 0 heterocycles. The van der Waals surface area contributed by atoms with Crippen LogP contribution in [0.1, 0.15) is 17.3 Å². The largest absolute Gasteiger partial charge is 0.368 e. The van der Waals surface area contributed by atoms with Gasteiger partial charge in [-0.2, -0.15) is 0 Å². The normalized spacial score (nSPS) is 9.67. The van der Waals surface area contributed by atoms with Crippen molar-refractivity contribution in [1.82, 2.24) is 4.90 Å². The highest BCUT2D eigenvalue weighted by Gasteiger charge is 2.14. The molecule has 4 heteroatoms. The van der Waals surface area contributed by atoms with Crippen molar-refractivity contribution in [3.63, 3.8) is 0 Å². The van der Waals surface area contributed by atoms with Gasteiger partial charge >= 0.3 is 0 Å². The van der Waals surface area contributed by atoms with Gasteiger partial charge in [-0.3, -0.25) is 9.59 Å². The minimum atomic E-state index is -0.499. The average Bonchev–Trinajstić information content (AvgIpc) is 2.26. The van der Waals surface area contributed by atoms with Crippen molar-refractivity contribution in [2.24, 2.45) is 5.73 Å². The second-order valence-corrected chi connectivity index (χ2v) is 3.15. The number of rotatable bonds is 4. The lowest BCUT2D eigenvalue weighted by molar-refractivity contribution is -0.118. The predicted octanol–water partition coefficient (Wildman–Crippen LogP) is 0.634. The Morgan fingerprint density at radius 2 is 1.87 bits per heavy atom. The molecule has 0 spiro atoms. The van der Waals surface area contributed by atoms with Crippen LogP contribution in [0.25, 0.3) is 0 Å². The van der Waals surface area contributed by atoms with Crippen LogP contribution in [0.5, 0.6) is 0 Å². The highest BCUT2D eigenvalue weighted by molar-refractivity contribution is 5.96. The molecule has 0 atom stereocenters. The summed E-state index contributed by atoms with van der Waals surface area (Å²) < 4.78 is 0. The molecule has 1 aromatic carbocycles. The zero-order valence-electron chi connectivity index (χ0n) is 8.64. The number of hydrogen-bond acceptors (Lipinski definition) is 2. The average molecular weight is 206 g/mol. The molecule has 0 aliphatic heterocycles. The minimum Gasteiger partial charge on any atom is -0.368 e. The van der Waals surface area contributed by atoms with Crippen LogP contribution in [0.15, 0.2) is 30.3 Å². The zero-order valence-corrected chi connectivity index (χ0v) is 8.64. The lowest BCUT2D eigenvalue weighted by atomic mass is 10.2. The van der Waals surface area contributed by atoms with Crippen LogP contribution in [-0.2, 0) is 4.79 Å². The van der Waals surface area contributed by atoms with Gasteiger partial charge in [-0.05, 0) is 19.1 Å². The molecule has 0 aliphatic carbocycles. The molecule has 0 radical (unpaired) electrons. The number of likely N-dealkylation sites (N-methyl/N-ethyl adjacent to an activating group) is 1. The van der Waals surface area contributed by atoms with E-state index in [0.29, 0.717) is 12.1 Å². The molecule has 15 heavy (non-hydrogen) atoms. The molecule has 2 amide bonds. The molecule has 0 fully saturated rings. The lowest BCUT2D eigenvalue weighted by Gasteiger charge is -2.18. The van der Waals surface area contributed by atoms with Gasteiger partial charge in [-0.15, -0.1) is 0 Å². The number of primary amides is 1. The van der Waals surface area contributed by atoms with Crippen LogP contribution in [0.3, 0.4) is 0 Å². The first kappa shape index (κ1) is 11.2. The van der Waals surface area contributed by atoms with Crippen LogP contribution in [0, 0.1) is 0 Å². The Balaban J connectivity index is 2.78. The molecular weight excluding hydrogens is 192 g/mol. The number of nitrogens with zero attached hydrogens (tertiary/aromatic N) is 1. The summed E-state index contributed by atoms with van der Waals surface area (Å²) in [7, 11) is 0. The highest BCUT2D eigenvalue weighted by Crippen LogP contribution is 2.03. The number of benzene rings is 1. The van der Waals surface area contributed by atoms with Gasteiger partial charge in [0.2, 0.25) is 5.91 Å². The van der Waals surface area contributed by atoms with Crippen molar-refractivity contribution in [2.45, 2.75) is 6.92 Å². The van der Waals surface area contributed by atoms with Crippen molar-refractivity contribution in [2.75, 3.05) is 13.1 Å². The predicted molar refractivity (Wildman–Crippen MR) is 57.2 cm³/mol. The second kappa shape index (κ2) is 5.14. The molecule has 2 N–H and O–H groups in total. The van der Waals surface area contributed by atoms with Crippen molar-refractivity contribution >= 4 is 11.8 Å². The van der Waals surface area contributed by atoms with Crippen molar-refractivity contribution in [3.8, 4) is 0 Å². The first-order valence-corrected chi connectivity index (χ1v) is 4.77. The number of carbonyl (C=O) groups is 2. The number of hydrogen-bond donors (Lipinski definition) is 1. The Labute approximate surface area is 88.7 Å². The van der Waals surface area contributed by atoms with Crippen molar-refractivity contribution < 1.29 is 9.59 Å². The minimum absolute atomic E-state index is 0.0375. The summed E-state index contributed by atoms with van der Waals surface area (Å²) in [6.45, 7) is 2.24. The highest BCUT2D eigenvalue weighted by atomic mass is 16.2. The Morgan fingerprint density at radius 1 is 1.27 bits per heavy atom. The standard InChI is InChI=1S/C11H14N2O2/c1-2-13(8-10(12)14)11(15)9-6-4-3-5-7-9/h3-7H,2,8H2,1H3,(H2,12,14). The molecule has 0 aromatic heterocycles. The summed E-state index contributed by atoms with van der Waals surface area (Å²) in [6.07, 6.45) is 0. The molecule has 4 nitrogen and oxygen atoms in total. The number of amides is 2. The Morgan fingerprint density at radius 3 is 2.33 bits per heavy atom. The van der Waals surface area contributed by atoms with Gasteiger partial charge in [-0.1, -0.05) is 18.2 Å². The fourth-order valence-electron chi connectivity index (χ4n) is 1.28. The smallest absolute Gasteiger partial charge is 0.254 e. The first-order chi connectivity index (χ1) is 7.15. The van der Waals surface area contributed by atoms with E-state index in [1.165, 1.54) is 4.90 Å². The topological polar surface area (TPSA) is 63.4 Å². The van der Waals surface area contributed by atoms with E-state index < -0.39 is 5.91 Å². The van der Waals surface area contributed by atoms with E-state index in [1.807, 2.05) is 13.0 Å². The Hall–Kier alpha value is -1.84. The maximum Gasteiger partial charge on any atom is 0.254 e. The van der Waals surface area contributed by atoms with Gasteiger partial charge in [0.1, 0.15) is 0 Å². The second-order valence-electron chi connectivity index (χ2n) is 3.15. The van der Waals surface area contributed by atoms with Crippen LogP contribution in [0.4, 0.5) is 0 Å². The molecule has 80 valence electrons. The van der Waals surface area contributed by atoms with Gasteiger partial charge in [0.25, 0.3) is 5.91 Å². The van der Waals surface area contributed by atoms with Gasteiger partial charge < -0.3 is 10.6 Å². The van der Waals surface area contributed by atoms with E-state index in [1.54, 1.807) is 24.3 Å². The van der Waals surface area contributed by atoms with Gasteiger partial charge in [0, 0.05) is 12.1 Å². The molecule has 0 saturated carbocycles. The van der Waals surface area contributed by atoms with E-state index in [4.69, 9.17) is 5.73 Å². The molecule has 0 saturated heterocycles. The lowest BCUT2D eigenvalue weighted by Crippen LogP contribution is -2.38. The molecule has 1 aromatic rings. The first-order valence-electron chi connectivity index (χ1n) is 4.77. The summed E-state index contributed by atoms with van der Waals surface area (Å²) in [5, 5.41) is 0. The van der Waals surface area contributed by atoms with Crippen LogP contribution < -0.4 is 5.73 Å². The third-order valence-electron chi connectivity index (χ3n) is 2.04. The maximum absolute atomic E-state index is 11.8. The van der Waals surface area contributed by atoms with Crippen LogP contribution in [-0.4, -0.2) is 29.8 Å². The summed E-state index contributed by atoms with van der Waals surface area (Å²) in [4.78, 5) is 24.0. The maximum atomic E-state index is 11.8. The summed E-state index contributed by atoms with van der Waals surface area (Å²) >= 11 is 0. The van der Waals surface area contributed by atoms with E-state index in [-0.39, 0.29) is 12.5 Å². The van der Waals surface area contributed by atoms with Crippen LogP contribution >= 0.6 is 0 Å². The summed E-state index contributed by atoms with van der Waals surface area (Å²) in [5.74, 6) is -0.668. The van der Waals surface area contributed by atoms with E-state index in [2.05, 4.69) is 0 Å². The third kappa shape index (κ3) is 3.09. The summed E-state index contributed by atoms with van der Waals surface area (Å²) in [5.41, 5.74) is 5.62. The van der Waals surface area contributed by atoms with Gasteiger partial charge in [-0.25, -0.2) is 0 Å². The van der Waals surface area contributed by atoms with Crippen LogP contribution in [0.2, 0.25) is 0 Å². The summed E-state index contributed by atoms with van der Waals surface area (Å²) in [6, 6.07) is 8.83. The molecular formula is C11H14N2O2. The third-order valence-corrected chi connectivity index (χ3v) is 2.04. The SMILES string of the molecule is CCN(CC(N)=O)C(=O)c1ccccc1. The number of nitrogens with two attached hydrogens (primary N) is 1. The Kier molecular flexibility index (Phi) is 3.85. The Bertz CT molecular complexity index is 349. The van der Waals surface area contributed by atoms with Crippen molar-refractivity contribution in [3.05, 3.63) is 35.9 Å². The van der Waals surface area contributed by atoms with Gasteiger partial charge in [0.05, 0.1) is 6.54 Å². The quantitative estimate of drug-likeness (QED) is 0.785. The van der Waals surface area contributed by atoms with E-state index in [9.17, 15) is 9.59 Å². The molecule has 0 aliphatic rings. The number of carbonyl (C=O) groups excluding carboxylic acids is 2. The molecule has 0 bridgehead atoms. The van der Waals surface area contributed by atoms with E-state index >= 15 is 0 Å². The zero-order chi connectivity index (χ0) is 11.3.